The topological polar surface area (TPSA) is 66.7 Å². The van der Waals surface area contributed by atoms with Gasteiger partial charge in [0.25, 0.3) is 11.8 Å². The predicted molar refractivity (Wildman–Crippen MR) is 120 cm³/mol. The lowest BCUT2D eigenvalue weighted by Crippen LogP contribution is -3.15. The average molecular weight is 416 g/mol. The highest BCUT2D eigenvalue weighted by Gasteiger charge is 2.24. The molecule has 2 aromatic carbocycles. The van der Waals surface area contributed by atoms with Crippen LogP contribution in [0.25, 0.3) is 11.1 Å². The maximum Gasteiger partial charge on any atom is 0.270 e. The lowest BCUT2D eigenvalue weighted by Gasteiger charge is -2.32. The summed E-state index contributed by atoms with van der Waals surface area (Å²) in [6.45, 7) is 4.65. The van der Waals surface area contributed by atoms with E-state index < -0.39 is 0 Å². The number of amides is 2. The maximum atomic E-state index is 12.9. The van der Waals surface area contributed by atoms with Gasteiger partial charge in [-0.1, -0.05) is 48.5 Å². The number of piperazine rings is 1. The summed E-state index contributed by atoms with van der Waals surface area (Å²) in [5.74, 6) is -0.0603. The van der Waals surface area contributed by atoms with Crippen molar-refractivity contribution in [2.45, 2.75) is 0 Å². The van der Waals surface area contributed by atoms with E-state index in [0.717, 1.165) is 49.4 Å². The zero-order valence-electron chi connectivity index (χ0n) is 17.5. The number of hydrogen-bond donors (Lipinski definition) is 2. The van der Waals surface area contributed by atoms with Gasteiger partial charge in [0.2, 0.25) is 0 Å². The van der Waals surface area contributed by atoms with E-state index in [4.69, 9.17) is 0 Å². The smallest absolute Gasteiger partial charge is 0.270 e. The van der Waals surface area contributed by atoms with Crippen LogP contribution >= 0.6 is 0 Å². The Kier molecular flexibility index (Phi) is 6.69. The number of hydrogen-bond acceptors (Lipinski definition) is 3. The van der Waals surface area contributed by atoms with Crippen molar-refractivity contribution >= 4 is 11.8 Å². The molecular formula is C25H27N4O2+. The van der Waals surface area contributed by atoms with Crippen LogP contribution < -0.4 is 10.2 Å². The van der Waals surface area contributed by atoms with Gasteiger partial charge in [0, 0.05) is 11.8 Å². The number of benzene rings is 2. The average Bonchev–Trinajstić information content (AvgIpc) is 2.85. The van der Waals surface area contributed by atoms with Crippen LogP contribution in [-0.2, 0) is 0 Å². The van der Waals surface area contributed by atoms with Crippen LogP contribution in [0.4, 0.5) is 0 Å². The van der Waals surface area contributed by atoms with Crippen LogP contribution in [0.1, 0.15) is 20.8 Å². The van der Waals surface area contributed by atoms with E-state index in [9.17, 15) is 9.59 Å². The van der Waals surface area contributed by atoms with Crippen molar-refractivity contribution < 1.29 is 14.5 Å². The number of carbonyl (C=O) groups is 2. The molecule has 0 radical (unpaired) electrons. The van der Waals surface area contributed by atoms with Crippen molar-refractivity contribution in [3.63, 3.8) is 0 Å². The lowest BCUT2D eigenvalue weighted by atomic mass is 10.0. The van der Waals surface area contributed by atoms with E-state index >= 15 is 0 Å². The van der Waals surface area contributed by atoms with Crippen molar-refractivity contribution in [1.82, 2.24) is 15.2 Å². The summed E-state index contributed by atoms with van der Waals surface area (Å²) in [6, 6.07) is 23.3. The van der Waals surface area contributed by atoms with Gasteiger partial charge < -0.3 is 15.1 Å². The Morgan fingerprint density at radius 3 is 2.23 bits per heavy atom. The summed E-state index contributed by atoms with van der Waals surface area (Å²) in [7, 11) is 0. The highest BCUT2D eigenvalue weighted by Crippen LogP contribution is 2.19. The monoisotopic (exact) mass is 415 g/mol. The molecular weight excluding hydrogens is 388 g/mol. The zero-order valence-corrected chi connectivity index (χ0v) is 17.5. The molecule has 2 heterocycles. The second-order valence-electron chi connectivity index (χ2n) is 7.71. The molecule has 6 nitrogen and oxygen atoms in total. The second kappa shape index (κ2) is 10.00. The molecule has 0 bridgehead atoms. The Balaban J connectivity index is 1.23. The van der Waals surface area contributed by atoms with Crippen LogP contribution in [0.2, 0.25) is 0 Å². The summed E-state index contributed by atoms with van der Waals surface area (Å²) >= 11 is 0. The molecule has 1 aliphatic rings. The molecule has 0 spiro atoms. The zero-order chi connectivity index (χ0) is 21.5. The molecule has 1 aliphatic heterocycles. The van der Waals surface area contributed by atoms with Crippen molar-refractivity contribution in [3.05, 3.63) is 90.3 Å². The minimum Gasteiger partial charge on any atom is -0.345 e. The van der Waals surface area contributed by atoms with E-state index in [-0.39, 0.29) is 11.8 Å². The fourth-order valence-electron chi connectivity index (χ4n) is 3.83. The molecule has 0 unspecified atom stereocenters. The molecule has 1 fully saturated rings. The SMILES string of the molecule is O=C(NCC[NH+]1CCN(C(=O)c2ccc(-c3ccccc3)cc2)CC1)c1ccccn1. The molecule has 4 rings (SSSR count). The molecule has 1 saturated heterocycles. The minimum atomic E-state index is -0.146. The Hall–Kier alpha value is -3.51. The molecule has 3 aromatic rings. The summed E-state index contributed by atoms with van der Waals surface area (Å²) in [5, 5.41) is 2.92. The second-order valence-corrected chi connectivity index (χ2v) is 7.71. The fourth-order valence-corrected chi connectivity index (χ4v) is 3.83. The number of pyridine rings is 1. The first-order valence-electron chi connectivity index (χ1n) is 10.7. The normalized spacial score (nSPS) is 14.3. The molecule has 0 aliphatic carbocycles. The van der Waals surface area contributed by atoms with Crippen molar-refractivity contribution in [2.24, 2.45) is 0 Å². The van der Waals surface area contributed by atoms with Gasteiger partial charge in [-0.3, -0.25) is 14.6 Å². The van der Waals surface area contributed by atoms with Gasteiger partial charge in [-0.2, -0.15) is 0 Å². The number of aromatic nitrogens is 1. The van der Waals surface area contributed by atoms with Gasteiger partial charge in [-0.15, -0.1) is 0 Å². The van der Waals surface area contributed by atoms with Gasteiger partial charge in [0.05, 0.1) is 39.3 Å². The Labute approximate surface area is 182 Å². The van der Waals surface area contributed by atoms with Crippen LogP contribution in [0.5, 0.6) is 0 Å². The molecule has 0 saturated carbocycles. The van der Waals surface area contributed by atoms with Crippen LogP contribution in [0, 0.1) is 0 Å². The van der Waals surface area contributed by atoms with Crippen LogP contribution in [0.3, 0.4) is 0 Å². The molecule has 2 amide bonds. The summed E-state index contributed by atoms with van der Waals surface area (Å²) in [4.78, 5) is 32.3. The number of carbonyl (C=O) groups excluding carboxylic acids is 2. The highest BCUT2D eigenvalue weighted by molar-refractivity contribution is 5.94. The number of rotatable bonds is 6. The van der Waals surface area contributed by atoms with E-state index in [1.807, 2.05) is 47.4 Å². The van der Waals surface area contributed by atoms with Crippen molar-refractivity contribution in [3.8, 4) is 11.1 Å². The number of nitrogens with one attached hydrogen (secondary N) is 2. The Morgan fingerprint density at radius 2 is 1.55 bits per heavy atom. The van der Waals surface area contributed by atoms with Gasteiger partial charge in [0.15, 0.2) is 0 Å². The van der Waals surface area contributed by atoms with E-state index in [0.29, 0.717) is 12.2 Å². The molecule has 2 N–H and O–H groups in total. The lowest BCUT2D eigenvalue weighted by molar-refractivity contribution is -0.902. The quantitative estimate of drug-likeness (QED) is 0.642. The minimum absolute atomic E-state index is 0.0853. The van der Waals surface area contributed by atoms with E-state index in [2.05, 4.69) is 22.4 Å². The largest absolute Gasteiger partial charge is 0.345 e. The fraction of sp³-hybridized carbons (Fsp3) is 0.240. The summed E-state index contributed by atoms with van der Waals surface area (Å²) in [6.07, 6.45) is 1.62. The van der Waals surface area contributed by atoms with Crippen LogP contribution in [0.15, 0.2) is 79.0 Å². The predicted octanol–water partition coefficient (Wildman–Crippen LogP) is 1.52. The first kappa shape index (κ1) is 20.8. The van der Waals surface area contributed by atoms with E-state index in [1.165, 1.54) is 4.90 Å². The number of quaternary nitrogens is 1. The number of nitrogens with zero attached hydrogens (tertiary/aromatic N) is 2. The van der Waals surface area contributed by atoms with Gasteiger partial charge in [0.1, 0.15) is 5.69 Å². The van der Waals surface area contributed by atoms with Crippen molar-refractivity contribution in [1.29, 1.82) is 0 Å². The van der Waals surface area contributed by atoms with Gasteiger partial charge in [-0.25, -0.2) is 0 Å². The third-order valence-corrected chi connectivity index (χ3v) is 5.66. The maximum absolute atomic E-state index is 12.9. The molecule has 158 valence electrons. The van der Waals surface area contributed by atoms with Gasteiger partial charge >= 0.3 is 0 Å². The van der Waals surface area contributed by atoms with E-state index in [1.54, 1.807) is 24.4 Å². The third-order valence-electron chi connectivity index (χ3n) is 5.66. The van der Waals surface area contributed by atoms with Gasteiger partial charge in [-0.05, 0) is 35.4 Å². The first-order valence-corrected chi connectivity index (χ1v) is 10.7. The summed E-state index contributed by atoms with van der Waals surface area (Å²) in [5.41, 5.74) is 3.42. The molecule has 31 heavy (non-hydrogen) atoms. The Morgan fingerprint density at radius 1 is 0.871 bits per heavy atom. The first-order chi connectivity index (χ1) is 15.2. The molecule has 1 aromatic heterocycles. The standard InChI is InChI=1S/C25H26N4O2/c30-24(23-8-4-5-13-26-23)27-14-15-28-16-18-29(19-17-28)25(31)22-11-9-21(10-12-22)20-6-2-1-3-7-20/h1-13H,14-19H2,(H,27,30)/p+1. The molecule has 0 atom stereocenters. The molecule has 6 heteroatoms. The summed E-state index contributed by atoms with van der Waals surface area (Å²) < 4.78 is 0. The third kappa shape index (κ3) is 5.35. The highest BCUT2D eigenvalue weighted by atomic mass is 16.2. The van der Waals surface area contributed by atoms with Crippen molar-refractivity contribution in [2.75, 3.05) is 39.3 Å². The Bertz CT molecular complexity index is 999. The van der Waals surface area contributed by atoms with Crippen LogP contribution in [-0.4, -0.2) is 61.0 Å².